The van der Waals surface area contributed by atoms with Crippen molar-refractivity contribution in [1.82, 2.24) is 0 Å². The van der Waals surface area contributed by atoms with Crippen molar-refractivity contribution in [1.29, 1.82) is 0 Å². The van der Waals surface area contributed by atoms with Crippen LogP contribution in [0.25, 0.3) is 0 Å². The molecule has 1 saturated heterocycles. The van der Waals surface area contributed by atoms with E-state index in [-0.39, 0.29) is 18.0 Å². The molecule has 1 aromatic rings. The zero-order valence-corrected chi connectivity index (χ0v) is 11.7. The lowest BCUT2D eigenvalue weighted by atomic mass is 9.96. The largest absolute Gasteiger partial charge is 0.369 e. The van der Waals surface area contributed by atoms with Gasteiger partial charge in [0, 0.05) is 6.42 Å². The van der Waals surface area contributed by atoms with Gasteiger partial charge in [-0.25, -0.2) is 0 Å². The van der Waals surface area contributed by atoms with Crippen molar-refractivity contribution in [2.45, 2.75) is 39.2 Å². The van der Waals surface area contributed by atoms with Crippen molar-refractivity contribution >= 4 is 17.2 Å². The van der Waals surface area contributed by atoms with E-state index in [4.69, 9.17) is 4.74 Å². The lowest BCUT2D eigenvalue weighted by molar-refractivity contribution is -0.122. The molecule has 0 bridgehead atoms. The molecule has 1 aliphatic heterocycles. The van der Waals surface area contributed by atoms with Gasteiger partial charge >= 0.3 is 0 Å². The van der Waals surface area contributed by atoms with Crippen LogP contribution in [0.15, 0.2) is 29.4 Å². The van der Waals surface area contributed by atoms with Crippen LogP contribution < -0.4 is 5.43 Å². The fraction of sp³-hybridized carbons (Fsp3) is 0.467. The summed E-state index contributed by atoms with van der Waals surface area (Å²) >= 11 is 0. The Kier molecular flexibility index (Phi) is 4.00. The van der Waals surface area contributed by atoms with Gasteiger partial charge in [0.15, 0.2) is 5.78 Å². The summed E-state index contributed by atoms with van der Waals surface area (Å²) in [6.45, 7) is 6.21. The number of hydrogen-bond donors (Lipinski definition) is 1. The van der Waals surface area contributed by atoms with E-state index in [0.717, 1.165) is 12.1 Å². The summed E-state index contributed by atoms with van der Waals surface area (Å²) in [5.74, 6) is 0.0499. The lowest BCUT2D eigenvalue weighted by Gasteiger charge is -2.29. The minimum atomic E-state index is -0.376. The third-order valence-electron chi connectivity index (χ3n) is 3.19. The minimum absolute atomic E-state index is 0.0499. The maximum atomic E-state index is 11.9. The predicted molar refractivity (Wildman–Crippen MR) is 76.5 cm³/mol. The highest BCUT2D eigenvalue weighted by Gasteiger charge is 2.31. The second kappa shape index (κ2) is 5.53. The summed E-state index contributed by atoms with van der Waals surface area (Å²) in [5.41, 5.74) is 5.14. The molecule has 2 rings (SSSR count). The highest BCUT2D eigenvalue weighted by Crippen LogP contribution is 2.20. The van der Waals surface area contributed by atoms with E-state index in [9.17, 15) is 4.79 Å². The molecule has 0 radical (unpaired) electrons. The molecule has 102 valence electrons. The normalized spacial score (nSPS) is 20.6. The first-order valence-corrected chi connectivity index (χ1v) is 6.59. The smallest absolute Gasteiger partial charge is 0.184 e. The molecule has 0 spiro atoms. The molecule has 1 N–H and O–H groups in total. The van der Waals surface area contributed by atoms with Crippen molar-refractivity contribution in [2.24, 2.45) is 5.10 Å². The van der Waals surface area contributed by atoms with Gasteiger partial charge in [0.05, 0.1) is 17.9 Å². The van der Waals surface area contributed by atoms with E-state index in [1.807, 2.05) is 38.1 Å². The Morgan fingerprint density at radius 1 is 1.32 bits per heavy atom. The summed E-state index contributed by atoms with van der Waals surface area (Å²) in [5, 5.41) is 4.15. The number of Topliss-reactive ketones (excluding diaryl/α,β-unsaturated/α-hetero) is 1. The van der Waals surface area contributed by atoms with Crippen LogP contribution in [-0.2, 0) is 16.0 Å². The number of carbonyl (C=O) groups is 1. The molecule has 1 heterocycles. The zero-order valence-electron chi connectivity index (χ0n) is 11.7. The molecule has 1 fully saturated rings. The van der Waals surface area contributed by atoms with Crippen molar-refractivity contribution in [3.63, 3.8) is 0 Å². The van der Waals surface area contributed by atoms with Crippen molar-refractivity contribution in [3.8, 4) is 0 Å². The first-order valence-electron chi connectivity index (χ1n) is 6.59. The molecule has 0 amide bonds. The number of carbonyl (C=O) groups excluding carboxylic acids is 1. The van der Waals surface area contributed by atoms with Gasteiger partial charge in [0.25, 0.3) is 0 Å². The number of benzene rings is 1. The van der Waals surface area contributed by atoms with Gasteiger partial charge in [-0.05, 0) is 38.0 Å². The molecule has 0 atom stereocenters. The number of aryl methyl sites for hydroxylation is 1. The van der Waals surface area contributed by atoms with E-state index in [0.29, 0.717) is 12.1 Å². The van der Waals surface area contributed by atoms with E-state index in [1.54, 1.807) is 0 Å². The second-order valence-corrected chi connectivity index (χ2v) is 5.37. The number of hydrogen-bond acceptors (Lipinski definition) is 4. The summed E-state index contributed by atoms with van der Waals surface area (Å²) in [6.07, 6.45) is 1.39. The SMILES string of the molecule is CCc1ccc(N/N=C2\COC(C)(C)CC2=O)cc1. The Morgan fingerprint density at radius 2 is 2.00 bits per heavy atom. The van der Waals surface area contributed by atoms with E-state index >= 15 is 0 Å². The van der Waals surface area contributed by atoms with Gasteiger partial charge in [0.1, 0.15) is 5.71 Å². The highest BCUT2D eigenvalue weighted by molar-refractivity contribution is 6.41. The monoisotopic (exact) mass is 260 g/mol. The Hall–Kier alpha value is -1.68. The Morgan fingerprint density at radius 3 is 2.58 bits per heavy atom. The number of hydrazone groups is 1. The van der Waals surface area contributed by atoms with Crippen LogP contribution in [-0.4, -0.2) is 23.7 Å². The maximum absolute atomic E-state index is 11.9. The number of ketones is 1. The van der Waals surface area contributed by atoms with Gasteiger partial charge in [-0.3, -0.25) is 10.2 Å². The van der Waals surface area contributed by atoms with Crippen LogP contribution in [0.2, 0.25) is 0 Å². The standard InChI is InChI=1S/C15H20N2O2/c1-4-11-5-7-12(8-6-11)16-17-13-10-19-15(2,3)9-14(13)18/h5-8,16H,4,9-10H2,1-3H3/b17-13+. The van der Waals surface area contributed by atoms with Crippen LogP contribution in [0, 0.1) is 0 Å². The molecule has 1 aliphatic rings. The van der Waals surface area contributed by atoms with Crippen LogP contribution >= 0.6 is 0 Å². The summed E-state index contributed by atoms with van der Waals surface area (Å²) in [4.78, 5) is 11.9. The van der Waals surface area contributed by atoms with E-state index in [1.165, 1.54) is 5.56 Å². The van der Waals surface area contributed by atoms with E-state index < -0.39 is 0 Å². The average molecular weight is 260 g/mol. The topological polar surface area (TPSA) is 50.7 Å². The number of anilines is 1. The van der Waals surface area contributed by atoms with Gasteiger partial charge in [0.2, 0.25) is 0 Å². The highest BCUT2D eigenvalue weighted by atomic mass is 16.5. The predicted octanol–water partition coefficient (Wildman–Crippen LogP) is 2.78. The van der Waals surface area contributed by atoms with E-state index in [2.05, 4.69) is 17.5 Å². The van der Waals surface area contributed by atoms with Crippen LogP contribution in [0.1, 0.15) is 32.8 Å². The third-order valence-corrected chi connectivity index (χ3v) is 3.19. The molecule has 0 unspecified atom stereocenters. The van der Waals surface area contributed by atoms with Crippen LogP contribution in [0.5, 0.6) is 0 Å². The van der Waals surface area contributed by atoms with Crippen molar-refractivity contribution in [3.05, 3.63) is 29.8 Å². The average Bonchev–Trinajstić information content (AvgIpc) is 2.37. The molecule has 19 heavy (non-hydrogen) atoms. The molecular weight excluding hydrogens is 240 g/mol. The number of nitrogens with one attached hydrogen (secondary N) is 1. The summed E-state index contributed by atoms with van der Waals surface area (Å²) in [6, 6.07) is 8.01. The van der Waals surface area contributed by atoms with Crippen molar-refractivity contribution < 1.29 is 9.53 Å². The molecule has 4 nitrogen and oxygen atoms in total. The molecule has 0 aliphatic carbocycles. The fourth-order valence-electron chi connectivity index (χ4n) is 1.93. The molecular formula is C15H20N2O2. The second-order valence-electron chi connectivity index (χ2n) is 5.37. The molecule has 1 aromatic carbocycles. The maximum Gasteiger partial charge on any atom is 0.184 e. The Labute approximate surface area is 113 Å². The Balaban J connectivity index is 2.00. The molecule has 4 heteroatoms. The number of rotatable bonds is 3. The van der Waals surface area contributed by atoms with Crippen LogP contribution in [0.4, 0.5) is 5.69 Å². The number of ether oxygens (including phenoxy) is 1. The lowest BCUT2D eigenvalue weighted by Crippen LogP contribution is -2.40. The summed E-state index contributed by atoms with van der Waals surface area (Å²) in [7, 11) is 0. The zero-order chi connectivity index (χ0) is 13.9. The first-order chi connectivity index (χ1) is 9.00. The molecule has 0 aromatic heterocycles. The molecule has 0 saturated carbocycles. The van der Waals surface area contributed by atoms with Crippen LogP contribution in [0.3, 0.4) is 0 Å². The summed E-state index contributed by atoms with van der Waals surface area (Å²) < 4.78 is 5.58. The minimum Gasteiger partial charge on any atom is -0.369 e. The fourth-order valence-corrected chi connectivity index (χ4v) is 1.93. The van der Waals surface area contributed by atoms with Gasteiger partial charge in [-0.1, -0.05) is 19.1 Å². The van der Waals surface area contributed by atoms with Gasteiger partial charge in [-0.15, -0.1) is 0 Å². The number of nitrogens with zero attached hydrogens (tertiary/aromatic N) is 1. The van der Waals surface area contributed by atoms with Gasteiger partial charge < -0.3 is 4.74 Å². The van der Waals surface area contributed by atoms with Crippen molar-refractivity contribution in [2.75, 3.05) is 12.0 Å². The van der Waals surface area contributed by atoms with Gasteiger partial charge in [-0.2, -0.15) is 5.10 Å². The quantitative estimate of drug-likeness (QED) is 0.850. The first kappa shape index (κ1) is 13.7. The third kappa shape index (κ3) is 3.64. The Bertz CT molecular complexity index is 489.